The highest BCUT2D eigenvalue weighted by Gasteiger charge is 2.11. The van der Waals surface area contributed by atoms with Crippen molar-refractivity contribution in [1.29, 1.82) is 0 Å². The Kier molecular flexibility index (Phi) is 3.41. The van der Waals surface area contributed by atoms with Crippen molar-refractivity contribution in [2.75, 3.05) is 12.5 Å². The second-order valence-corrected chi connectivity index (χ2v) is 4.57. The third-order valence-corrected chi connectivity index (χ3v) is 3.32. The first-order chi connectivity index (χ1) is 10.2. The van der Waals surface area contributed by atoms with Gasteiger partial charge in [0, 0.05) is 10.9 Å². The summed E-state index contributed by atoms with van der Waals surface area (Å²) >= 11 is 0. The Morgan fingerprint density at radius 1 is 1.14 bits per heavy atom. The van der Waals surface area contributed by atoms with E-state index in [2.05, 4.69) is 10.4 Å². The molecule has 5 heteroatoms. The fourth-order valence-corrected chi connectivity index (χ4v) is 2.30. The number of para-hydroxylation sites is 1. The molecule has 0 fully saturated rings. The molecule has 0 atom stereocenters. The number of fused-ring (bicyclic) bond motifs is 1. The quantitative estimate of drug-likeness (QED) is 0.571. The van der Waals surface area contributed by atoms with Crippen molar-refractivity contribution < 1.29 is 9.13 Å². The van der Waals surface area contributed by atoms with Gasteiger partial charge in [-0.15, -0.1) is 0 Å². The molecule has 0 aliphatic heterocycles. The average molecular weight is 283 g/mol. The van der Waals surface area contributed by atoms with Gasteiger partial charge in [0.15, 0.2) is 0 Å². The van der Waals surface area contributed by atoms with Crippen LogP contribution in [0.15, 0.2) is 48.5 Å². The van der Waals surface area contributed by atoms with E-state index in [1.54, 1.807) is 19.2 Å². The number of hydrazine groups is 1. The number of ether oxygens (including phenoxy) is 1. The molecule has 0 radical (unpaired) electrons. The van der Waals surface area contributed by atoms with Crippen molar-refractivity contribution in [2.24, 2.45) is 5.84 Å². The van der Waals surface area contributed by atoms with E-state index < -0.39 is 0 Å². The zero-order chi connectivity index (χ0) is 14.8. The van der Waals surface area contributed by atoms with Crippen molar-refractivity contribution in [2.45, 2.75) is 0 Å². The third-order valence-electron chi connectivity index (χ3n) is 3.32. The maximum absolute atomic E-state index is 13.1. The minimum Gasteiger partial charge on any atom is -0.494 e. The molecule has 1 aromatic heterocycles. The summed E-state index contributed by atoms with van der Waals surface area (Å²) in [4.78, 5) is 4.51. The predicted molar refractivity (Wildman–Crippen MR) is 81.5 cm³/mol. The fraction of sp³-hybridized carbons (Fsp3) is 0.0625. The fourth-order valence-electron chi connectivity index (χ4n) is 2.30. The van der Waals surface area contributed by atoms with Crippen molar-refractivity contribution in [3.8, 4) is 16.9 Å². The highest BCUT2D eigenvalue weighted by atomic mass is 19.1. The van der Waals surface area contributed by atoms with E-state index in [0.29, 0.717) is 11.6 Å². The van der Waals surface area contributed by atoms with Crippen LogP contribution in [-0.4, -0.2) is 12.1 Å². The number of aromatic nitrogens is 1. The molecule has 0 bridgehead atoms. The number of nitrogens with two attached hydrogens (primary N) is 1. The van der Waals surface area contributed by atoms with E-state index >= 15 is 0 Å². The zero-order valence-corrected chi connectivity index (χ0v) is 11.4. The SMILES string of the molecule is COc1cccc2cc(-c3ccc(F)cc3)c(NN)nc12. The summed E-state index contributed by atoms with van der Waals surface area (Å²) in [6.45, 7) is 0. The monoisotopic (exact) mass is 283 g/mol. The van der Waals surface area contributed by atoms with Gasteiger partial charge in [-0.25, -0.2) is 15.2 Å². The number of rotatable bonds is 3. The number of anilines is 1. The summed E-state index contributed by atoms with van der Waals surface area (Å²) in [7, 11) is 1.60. The topological polar surface area (TPSA) is 60.2 Å². The summed E-state index contributed by atoms with van der Waals surface area (Å²) in [6, 6.07) is 13.8. The molecule has 1 heterocycles. The number of pyridine rings is 1. The van der Waals surface area contributed by atoms with Gasteiger partial charge in [-0.1, -0.05) is 24.3 Å². The highest BCUT2D eigenvalue weighted by Crippen LogP contribution is 2.33. The van der Waals surface area contributed by atoms with Gasteiger partial charge in [-0.3, -0.25) is 0 Å². The number of nitrogen functional groups attached to an aromatic ring is 1. The van der Waals surface area contributed by atoms with Gasteiger partial charge >= 0.3 is 0 Å². The highest BCUT2D eigenvalue weighted by molar-refractivity contribution is 5.92. The van der Waals surface area contributed by atoms with Crippen LogP contribution in [-0.2, 0) is 0 Å². The van der Waals surface area contributed by atoms with Gasteiger partial charge in [0.1, 0.15) is 22.9 Å². The standard InChI is InChI=1S/C16H14FN3O/c1-21-14-4-2-3-11-9-13(16(20-18)19-15(11)14)10-5-7-12(17)8-6-10/h2-9H,18H2,1H3,(H,19,20). The Labute approximate surface area is 121 Å². The molecule has 3 aromatic rings. The molecule has 4 nitrogen and oxygen atoms in total. The lowest BCUT2D eigenvalue weighted by Gasteiger charge is -2.12. The molecule has 106 valence electrons. The minimum atomic E-state index is -0.281. The Morgan fingerprint density at radius 3 is 2.57 bits per heavy atom. The number of nitrogens with one attached hydrogen (secondary N) is 1. The molecule has 0 saturated carbocycles. The molecule has 0 spiro atoms. The Hall–Kier alpha value is -2.66. The van der Waals surface area contributed by atoms with E-state index in [9.17, 15) is 4.39 Å². The van der Waals surface area contributed by atoms with Crippen LogP contribution >= 0.6 is 0 Å². The molecular formula is C16H14FN3O. The summed E-state index contributed by atoms with van der Waals surface area (Å²) in [5, 5.41) is 0.924. The van der Waals surface area contributed by atoms with Crippen molar-refractivity contribution in [3.05, 3.63) is 54.3 Å². The van der Waals surface area contributed by atoms with E-state index in [-0.39, 0.29) is 5.82 Å². The van der Waals surface area contributed by atoms with Gasteiger partial charge in [-0.05, 0) is 29.8 Å². The van der Waals surface area contributed by atoms with Crippen molar-refractivity contribution >= 4 is 16.7 Å². The molecule has 3 rings (SSSR count). The summed E-state index contributed by atoms with van der Waals surface area (Å²) in [6.07, 6.45) is 0. The smallest absolute Gasteiger partial charge is 0.148 e. The van der Waals surface area contributed by atoms with Crippen LogP contribution in [0.5, 0.6) is 5.75 Å². The maximum atomic E-state index is 13.1. The maximum Gasteiger partial charge on any atom is 0.148 e. The average Bonchev–Trinajstić information content (AvgIpc) is 2.53. The van der Waals surface area contributed by atoms with Crippen LogP contribution in [0.25, 0.3) is 22.0 Å². The largest absolute Gasteiger partial charge is 0.494 e. The number of hydrogen-bond acceptors (Lipinski definition) is 4. The molecule has 0 saturated heterocycles. The molecule has 0 aliphatic rings. The molecule has 2 aromatic carbocycles. The second kappa shape index (κ2) is 5.38. The van der Waals surface area contributed by atoms with Crippen molar-refractivity contribution in [1.82, 2.24) is 4.98 Å². The predicted octanol–water partition coefficient (Wildman–Crippen LogP) is 3.34. The first-order valence-electron chi connectivity index (χ1n) is 6.43. The van der Waals surface area contributed by atoms with Crippen LogP contribution in [0.1, 0.15) is 0 Å². The zero-order valence-electron chi connectivity index (χ0n) is 11.4. The number of halogens is 1. The lowest BCUT2D eigenvalue weighted by atomic mass is 10.0. The first-order valence-corrected chi connectivity index (χ1v) is 6.43. The van der Waals surface area contributed by atoms with E-state index in [1.807, 2.05) is 24.3 Å². The molecule has 0 unspecified atom stereocenters. The minimum absolute atomic E-state index is 0.281. The van der Waals surface area contributed by atoms with E-state index in [0.717, 1.165) is 22.0 Å². The Balaban J connectivity index is 2.25. The van der Waals surface area contributed by atoms with Gasteiger partial charge in [0.2, 0.25) is 0 Å². The van der Waals surface area contributed by atoms with Gasteiger partial charge in [0.25, 0.3) is 0 Å². The Bertz CT molecular complexity index is 787. The van der Waals surface area contributed by atoms with Crippen LogP contribution in [0.4, 0.5) is 10.2 Å². The van der Waals surface area contributed by atoms with Gasteiger partial charge in [-0.2, -0.15) is 0 Å². The molecule has 21 heavy (non-hydrogen) atoms. The molecular weight excluding hydrogens is 269 g/mol. The van der Waals surface area contributed by atoms with Gasteiger partial charge in [0.05, 0.1) is 7.11 Å². The number of nitrogens with zero attached hydrogens (tertiary/aromatic N) is 1. The number of benzene rings is 2. The number of methoxy groups -OCH3 is 1. The first kappa shape index (κ1) is 13.3. The summed E-state index contributed by atoms with van der Waals surface area (Å²) in [5.74, 6) is 6.48. The molecule has 0 amide bonds. The lowest BCUT2D eigenvalue weighted by molar-refractivity contribution is 0.419. The third kappa shape index (κ3) is 2.39. The van der Waals surface area contributed by atoms with Gasteiger partial charge < -0.3 is 10.2 Å². The normalized spacial score (nSPS) is 10.6. The molecule has 3 N–H and O–H groups in total. The molecule has 0 aliphatic carbocycles. The number of hydrogen-bond donors (Lipinski definition) is 2. The van der Waals surface area contributed by atoms with Crippen LogP contribution in [0.3, 0.4) is 0 Å². The van der Waals surface area contributed by atoms with Crippen LogP contribution in [0, 0.1) is 5.82 Å². The van der Waals surface area contributed by atoms with E-state index in [1.165, 1.54) is 12.1 Å². The van der Waals surface area contributed by atoms with Crippen LogP contribution in [0.2, 0.25) is 0 Å². The summed E-state index contributed by atoms with van der Waals surface area (Å²) in [5.41, 5.74) is 4.95. The second-order valence-electron chi connectivity index (χ2n) is 4.57. The lowest BCUT2D eigenvalue weighted by Crippen LogP contribution is -2.10. The van der Waals surface area contributed by atoms with Crippen molar-refractivity contribution in [3.63, 3.8) is 0 Å². The summed E-state index contributed by atoms with van der Waals surface area (Å²) < 4.78 is 18.4. The Morgan fingerprint density at radius 2 is 1.90 bits per heavy atom. The van der Waals surface area contributed by atoms with E-state index in [4.69, 9.17) is 10.6 Å². The van der Waals surface area contributed by atoms with Crippen LogP contribution < -0.4 is 16.0 Å².